The normalized spacial score (nSPS) is 11.5. The first-order chi connectivity index (χ1) is 10.3. The molecule has 0 amide bonds. The summed E-state index contributed by atoms with van der Waals surface area (Å²) in [7, 11) is 0. The SMILES string of the molecule is OCc1ccc(CNc2ncc(C(F)(F)F)cc2Cl)cc1F. The highest BCUT2D eigenvalue weighted by molar-refractivity contribution is 6.32. The summed E-state index contributed by atoms with van der Waals surface area (Å²) in [6.07, 6.45) is -3.85. The third-order valence-electron chi connectivity index (χ3n) is 2.92. The molecule has 1 heterocycles. The van der Waals surface area contributed by atoms with Gasteiger partial charge in [-0.25, -0.2) is 9.37 Å². The van der Waals surface area contributed by atoms with E-state index in [4.69, 9.17) is 16.7 Å². The molecule has 0 aliphatic carbocycles. The Labute approximate surface area is 128 Å². The minimum absolute atomic E-state index is 0.0707. The highest BCUT2D eigenvalue weighted by Crippen LogP contribution is 2.32. The molecule has 0 fully saturated rings. The summed E-state index contributed by atoms with van der Waals surface area (Å²) >= 11 is 5.75. The molecule has 2 N–H and O–H groups in total. The molecule has 118 valence electrons. The third-order valence-corrected chi connectivity index (χ3v) is 3.20. The molecule has 22 heavy (non-hydrogen) atoms. The topological polar surface area (TPSA) is 45.1 Å². The van der Waals surface area contributed by atoms with Gasteiger partial charge in [-0.3, -0.25) is 0 Å². The van der Waals surface area contributed by atoms with E-state index in [2.05, 4.69) is 10.3 Å². The lowest BCUT2D eigenvalue weighted by molar-refractivity contribution is -0.137. The van der Waals surface area contributed by atoms with E-state index in [0.717, 1.165) is 6.07 Å². The molecule has 0 unspecified atom stereocenters. The fourth-order valence-corrected chi connectivity index (χ4v) is 1.97. The van der Waals surface area contributed by atoms with Crippen LogP contribution in [0, 0.1) is 5.82 Å². The second-order valence-corrected chi connectivity index (χ2v) is 4.90. The van der Waals surface area contributed by atoms with E-state index in [1.807, 2.05) is 0 Å². The van der Waals surface area contributed by atoms with E-state index in [1.165, 1.54) is 12.1 Å². The summed E-state index contributed by atoms with van der Waals surface area (Å²) in [5, 5.41) is 11.4. The number of rotatable bonds is 4. The maximum absolute atomic E-state index is 13.5. The number of hydrogen-bond acceptors (Lipinski definition) is 3. The fourth-order valence-electron chi connectivity index (χ4n) is 1.74. The van der Waals surface area contributed by atoms with E-state index in [-0.39, 0.29) is 22.9 Å². The minimum atomic E-state index is -4.52. The zero-order valence-corrected chi connectivity index (χ0v) is 11.8. The number of halogens is 5. The van der Waals surface area contributed by atoms with Crippen LogP contribution >= 0.6 is 11.6 Å². The summed E-state index contributed by atoms with van der Waals surface area (Å²) in [6, 6.07) is 5.00. The summed E-state index contributed by atoms with van der Waals surface area (Å²) in [5.41, 5.74) is -0.247. The van der Waals surface area contributed by atoms with Crippen LogP contribution in [0.15, 0.2) is 30.5 Å². The molecular weight excluding hydrogens is 324 g/mol. The molecule has 1 aromatic heterocycles. The predicted octanol–water partition coefficient (Wildman–Crippen LogP) is 4.00. The lowest BCUT2D eigenvalue weighted by Crippen LogP contribution is -2.08. The summed E-state index contributed by atoms with van der Waals surface area (Å²) < 4.78 is 50.9. The number of nitrogens with one attached hydrogen (secondary N) is 1. The van der Waals surface area contributed by atoms with Crippen LogP contribution in [0.3, 0.4) is 0 Å². The molecular formula is C14H11ClF4N2O. The van der Waals surface area contributed by atoms with Gasteiger partial charge in [-0.1, -0.05) is 23.7 Å². The van der Waals surface area contributed by atoms with Crippen LogP contribution in [0.1, 0.15) is 16.7 Å². The third kappa shape index (κ3) is 3.86. The first kappa shape index (κ1) is 16.5. The van der Waals surface area contributed by atoms with Gasteiger partial charge in [0.2, 0.25) is 0 Å². The van der Waals surface area contributed by atoms with Gasteiger partial charge in [-0.15, -0.1) is 0 Å². The molecule has 8 heteroatoms. The second-order valence-electron chi connectivity index (χ2n) is 4.49. The minimum Gasteiger partial charge on any atom is -0.392 e. The highest BCUT2D eigenvalue weighted by Gasteiger charge is 2.31. The number of pyridine rings is 1. The molecule has 0 radical (unpaired) electrons. The Kier molecular flexibility index (Phi) is 4.87. The Morgan fingerprint density at radius 1 is 1.23 bits per heavy atom. The molecule has 0 saturated carbocycles. The Morgan fingerprint density at radius 2 is 1.95 bits per heavy atom. The highest BCUT2D eigenvalue weighted by atomic mass is 35.5. The quantitative estimate of drug-likeness (QED) is 0.831. The number of aliphatic hydroxyl groups is 1. The van der Waals surface area contributed by atoms with Crippen molar-refractivity contribution in [3.63, 3.8) is 0 Å². The molecule has 1 aromatic carbocycles. The summed E-state index contributed by atoms with van der Waals surface area (Å²) in [5.74, 6) is -0.491. The van der Waals surface area contributed by atoms with Crippen LogP contribution in [0.4, 0.5) is 23.4 Å². The Hall–Kier alpha value is -1.86. The first-order valence-corrected chi connectivity index (χ1v) is 6.54. The van der Waals surface area contributed by atoms with Crippen molar-refractivity contribution < 1.29 is 22.7 Å². The fraction of sp³-hybridized carbons (Fsp3) is 0.214. The molecule has 0 aliphatic rings. The standard InChI is InChI=1S/C14H11ClF4N2O/c15-11-4-10(14(17,18)19)6-21-13(11)20-5-8-1-2-9(7-22)12(16)3-8/h1-4,6,22H,5,7H2,(H,20,21). The molecule has 0 spiro atoms. The van der Waals surface area contributed by atoms with E-state index in [9.17, 15) is 17.6 Å². The molecule has 2 aromatic rings. The number of nitrogens with zero attached hydrogens (tertiary/aromatic N) is 1. The molecule has 0 atom stereocenters. The monoisotopic (exact) mass is 334 g/mol. The molecule has 2 rings (SSSR count). The first-order valence-electron chi connectivity index (χ1n) is 6.16. The van der Waals surface area contributed by atoms with Crippen molar-refractivity contribution in [2.45, 2.75) is 19.3 Å². The maximum Gasteiger partial charge on any atom is 0.417 e. The average Bonchev–Trinajstić information content (AvgIpc) is 2.45. The van der Waals surface area contributed by atoms with Gasteiger partial charge in [0.1, 0.15) is 11.6 Å². The van der Waals surface area contributed by atoms with Gasteiger partial charge in [-0.2, -0.15) is 13.2 Å². The van der Waals surface area contributed by atoms with Crippen molar-refractivity contribution in [2.24, 2.45) is 0 Å². The van der Waals surface area contributed by atoms with Crippen molar-refractivity contribution in [2.75, 3.05) is 5.32 Å². The number of benzene rings is 1. The zero-order chi connectivity index (χ0) is 16.3. The number of aliphatic hydroxyl groups excluding tert-OH is 1. The van der Waals surface area contributed by atoms with Crippen LogP contribution in [-0.4, -0.2) is 10.1 Å². The molecule has 3 nitrogen and oxygen atoms in total. The van der Waals surface area contributed by atoms with Crippen LogP contribution in [0.2, 0.25) is 5.02 Å². The van der Waals surface area contributed by atoms with Gasteiger partial charge in [0.15, 0.2) is 0 Å². The lowest BCUT2D eigenvalue weighted by Gasteiger charge is -2.11. The van der Waals surface area contributed by atoms with Gasteiger partial charge >= 0.3 is 6.18 Å². The number of anilines is 1. The van der Waals surface area contributed by atoms with E-state index < -0.39 is 24.2 Å². The van der Waals surface area contributed by atoms with Crippen molar-refractivity contribution in [3.05, 3.63) is 58.0 Å². The van der Waals surface area contributed by atoms with Crippen LogP contribution in [0.5, 0.6) is 0 Å². The van der Waals surface area contributed by atoms with E-state index in [1.54, 1.807) is 6.07 Å². The number of hydrogen-bond donors (Lipinski definition) is 2. The van der Waals surface area contributed by atoms with Crippen molar-refractivity contribution in [1.29, 1.82) is 0 Å². The summed E-state index contributed by atoms with van der Waals surface area (Å²) in [6.45, 7) is -0.285. The molecule has 0 saturated heterocycles. The smallest absolute Gasteiger partial charge is 0.392 e. The second kappa shape index (κ2) is 6.50. The van der Waals surface area contributed by atoms with Gasteiger partial charge in [0.25, 0.3) is 0 Å². The number of alkyl halides is 3. The Morgan fingerprint density at radius 3 is 2.50 bits per heavy atom. The van der Waals surface area contributed by atoms with Gasteiger partial charge in [0, 0.05) is 18.3 Å². The summed E-state index contributed by atoms with van der Waals surface area (Å²) in [4.78, 5) is 3.62. The maximum atomic E-state index is 13.5. The number of aromatic nitrogens is 1. The van der Waals surface area contributed by atoms with E-state index in [0.29, 0.717) is 11.8 Å². The lowest BCUT2D eigenvalue weighted by atomic mass is 10.1. The van der Waals surface area contributed by atoms with E-state index >= 15 is 0 Å². The van der Waals surface area contributed by atoms with Crippen molar-refractivity contribution >= 4 is 17.4 Å². The zero-order valence-electron chi connectivity index (χ0n) is 11.1. The van der Waals surface area contributed by atoms with Crippen molar-refractivity contribution in [3.8, 4) is 0 Å². The Balaban J connectivity index is 2.10. The molecule has 0 bridgehead atoms. The predicted molar refractivity (Wildman–Crippen MR) is 73.9 cm³/mol. The Bertz CT molecular complexity index is 676. The van der Waals surface area contributed by atoms with Crippen LogP contribution < -0.4 is 5.32 Å². The molecule has 0 aliphatic heterocycles. The van der Waals surface area contributed by atoms with Gasteiger partial charge in [0.05, 0.1) is 17.2 Å². The largest absolute Gasteiger partial charge is 0.417 e. The van der Waals surface area contributed by atoms with Crippen LogP contribution in [0.25, 0.3) is 0 Å². The average molecular weight is 335 g/mol. The van der Waals surface area contributed by atoms with Crippen molar-refractivity contribution in [1.82, 2.24) is 4.98 Å². The van der Waals surface area contributed by atoms with Crippen LogP contribution in [-0.2, 0) is 19.3 Å². The van der Waals surface area contributed by atoms with Gasteiger partial charge < -0.3 is 10.4 Å². The van der Waals surface area contributed by atoms with Gasteiger partial charge in [-0.05, 0) is 17.7 Å².